The summed E-state index contributed by atoms with van der Waals surface area (Å²) >= 11 is 0. The predicted octanol–water partition coefficient (Wildman–Crippen LogP) is 3.15. The molecule has 0 heterocycles. The van der Waals surface area contributed by atoms with Crippen LogP contribution < -0.4 is 5.32 Å². The summed E-state index contributed by atoms with van der Waals surface area (Å²) in [5.74, 6) is 0.765. The maximum atomic E-state index is 10.1. The van der Waals surface area contributed by atoms with Gasteiger partial charge in [0.2, 0.25) is 0 Å². The van der Waals surface area contributed by atoms with E-state index in [1.165, 1.54) is 31.2 Å². The normalized spacial score (nSPS) is 19.5. The SMILES string of the molecule is CC(Cc1ccccc1)NCC(O)CC1CCCC1. The van der Waals surface area contributed by atoms with Gasteiger partial charge in [-0.3, -0.25) is 0 Å². The lowest BCUT2D eigenvalue weighted by molar-refractivity contribution is 0.137. The van der Waals surface area contributed by atoms with E-state index in [4.69, 9.17) is 0 Å². The summed E-state index contributed by atoms with van der Waals surface area (Å²) in [6.07, 6.45) is 7.17. The minimum atomic E-state index is -0.179. The molecule has 2 rings (SSSR count). The highest BCUT2D eigenvalue weighted by Gasteiger charge is 2.18. The first-order valence-corrected chi connectivity index (χ1v) is 7.69. The molecule has 2 atom stereocenters. The monoisotopic (exact) mass is 261 g/mol. The first-order valence-electron chi connectivity index (χ1n) is 7.69. The average molecular weight is 261 g/mol. The van der Waals surface area contributed by atoms with E-state index in [9.17, 15) is 5.11 Å². The van der Waals surface area contributed by atoms with Crippen molar-refractivity contribution < 1.29 is 5.11 Å². The van der Waals surface area contributed by atoms with Gasteiger partial charge in [-0.15, -0.1) is 0 Å². The number of hydrogen-bond acceptors (Lipinski definition) is 2. The molecule has 0 bridgehead atoms. The highest BCUT2D eigenvalue weighted by molar-refractivity contribution is 5.15. The number of rotatable bonds is 7. The quantitative estimate of drug-likeness (QED) is 0.790. The van der Waals surface area contributed by atoms with E-state index >= 15 is 0 Å². The Morgan fingerprint density at radius 1 is 1.21 bits per heavy atom. The van der Waals surface area contributed by atoms with Crippen LogP contribution in [-0.2, 0) is 6.42 Å². The van der Waals surface area contributed by atoms with Gasteiger partial charge >= 0.3 is 0 Å². The molecular formula is C17H27NO. The molecule has 0 aliphatic heterocycles. The van der Waals surface area contributed by atoms with Gasteiger partial charge in [0.25, 0.3) is 0 Å². The molecule has 0 aromatic heterocycles. The summed E-state index contributed by atoms with van der Waals surface area (Å²) in [4.78, 5) is 0. The summed E-state index contributed by atoms with van der Waals surface area (Å²) < 4.78 is 0. The van der Waals surface area contributed by atoms with Crippen molar-refractivity contribution in [3.8, 4) is 0 Å². The second-order valence-electron chi connectivity index (χ2n) is 6.04. The Labute approximate surface area is 117 Å². The van der Waals surface area contributed by atoms with Gasteiger partial charge in [-0.05, 0) is 31.2 Å². The van der Waals surface area contributed by atoms with Crippen molar-refractivity contribution in [2.75, 3.05) is 6.54 Å². The van der Waals surface area contributed by atoms with Gasteiger partial charge in [-0.2, -0.15) is 0 Å². The third kappa shape index (κ3) is 5.33. The third-order valence-electron chi connectivity index (χ3n) is 4.17. The van der Waals surface area contributed by atoms with Crippen LogP contribution in [0.25, 0.3) is 0 Å². The van der Waals surface area contributed by atoms with Crippen LogP contribution >= 0.6 is 0 Å². The lowest BCUT2D eigenvalue weighted by Gasteiger charge is -2.19. The van der Waals surface area contributed by atoms with E-state index in [0.717, 1.165) is 25.3 Å². The number of aliphatic hydroxyl groups excluding tert-OH is 1. The van der Waals surface area contributed by atoms with Crippen molar-refractivity contribution >= 4 is 0 Å². The zero-order chi connectivity index (χ0) is 13.5. The molecule has 1 saturated carbocycles. The summed E-state index contributed by atoms with van der Waals surface area (Å²) in [6.45, 7) is 2.92. The van der Waals surface area contributed by atoms with Crippen molar-refractivity contribution in [3.63, 3.8) is 0 Å². The Kier molecular flexibility index (Phi) is 5.87. The summed E-state index contributed by atoms with van der Waals surface area (Å²) in [6, 6.07) is 10.9. The summed E-state index contributed by atoms with van der Waals surface area (Å²) in [5, 5.41) is 13.5. The second kappa shape index (κ2) is 7.66. The van der Waals surface area contributed by atoms with Gasteiger partial charge in [-0.25, -0.2) is 0 Å². The van der Waals surface area contributed by atoms with Crippen LogP contribution in [0.5, 0.6) is 0 Å². The van der Waals surface area contributed by atoms with Crippen molar-refractivity contribution in [3.05, 3.63) is 35.9 Å². The molecule has 0 amide bonds. The van der Waals surface area contributed by atoms with Gasteiger partial charge in [0, 0.05) is 12.6 Å². The highest BCUT2D eigenvalue weighted by atomic mass is 16.3. The minimum absolute atomic E-state index is 0.179. The van der Waals surface area contributed by atoms with Crippen molar-refractivity contribution in [1.82, 2.24) is 5.32 Å². The molecule has 0 radical (unpaired) electrons. The lowest BCUT2D eigenvalue weighted by Crippen LogP contribution is -2.35. The third-order valence-corrected chi connectivity index (χ3v) is 4.17. The Bertz CT molecular complexity index is 346. The molecule has 1 aromatic carbocycles. The zero-order valence-electron chi connectivity index (χ0n) is 12.0. The predicted molar refractivity (Wildman–Crippen MR) is 80.2 cm³/mol. The number of hydrogen-bond donors (Lipinski definition) is 2. The Morgan fingerprint density at radius 3 is 2.58 bits per heavy atom. The van der Waals surface area contributed by atoms with Gasteiger partial charge in [0.05, 0.1) is 6.10 Å². The first-order chi connectivity index (χ1) is 9.24. The van der Waals surface area contributed by atoms with E-state index < -0.39 is 0 Å². The fraction of sp³-hybridized carbons (Fsp3) is 0.647. The minimum Gasteiger partial charge on any atom is -0.392 e. The van der Waals surface area contributed by atoms with Crippen molar-refractivity contribution in [2.45, 2.75) is 57.6 Å². The van der Waals surface area contributed by atoms with E-state index in [2.05, 4.69) is 36.5 Å². The molecule has 2 nitrogen and oxygen atoms in total. The average Bonchev–Trinajstić information content (AvgIpc) is 2.90. The van der Waals surface area contributed by atoms with Crippen LogP contribution in [0.1, 0.15) is 44.6 Å². The van der Waals surface area contributed by atoms with E-state index in [1.54, 1.807) is 0 Å². The van der Waals surface area contributed by atoms with Crippen molar-refractivity contribution in [1.29, 1.82) is 0 Å². The largest absolute Gasteiger partial charge is 0.392 e. The number of aliphatic hydroxyl groups is 1. The van der Waals surface area contributed by atoms with Crippen LogP contribution in [0.15, 0.2) is 30.3 Å². The standard InChI is InChI=1S/C17H27NO/c1-14(11-15-7-3-2-4-8-15)18-13-17(19)12-16-9-5-6-10-16/h2-4,7-8,14,16-19H,5-6,9-13H2,1H3. The molecule has 1 fully saturated rings. The van der Waals surface area contributed by atoms with Gasteiger partial charge in [-0.1, -0.05) is 56.0 Å². The van der Waals surface area contributed by atoms with E-state index in [-0.39, 0.29) is 6.10 Å². The second-order valence-corrected chi connectivity index (χ2v) is 6.04. The molecule has 2 heteroatoms. The molecule has 1 aliphatic rings. The number of nitrogens with one attached hydrogen (secondary N) is 1. The molecule has 1 aromatic rings. The highest BCUT2D eigenvalue weighted by Crippen LogP contribution is 2.28. The van der Waals surface area contributed by atoms with E-state index in [1.807, 2.05) is 6.07 Å². The maximum absolute atomic E-state index is 10.1. The Morgan fingerprint density at radius 2 is 1.89 bits per heavy atom. The van der Waals surface area contributed by atoms with Gasteiger partial charge < -0.3 is 10.4 Å². The fourth-order valence-corrected chi connectivity index (χ4v) is 3.09. The molecule has 2 unspecified atom stereocenters. The molecule has 2 N–H and O–H groups in total. The van der Waals surface area contributed by atoms with Crippen LogP contribution in [0, 0.1) is 5.92 Å². The van der Waals surface area contributed by atoms with Crippen LogP contribution in [-0.4, -0.2) is 23.8 Å². The van der Waals surface area contributed by atoms with Gasteiger partial charge in [0.15, 0.2) is 0 Å². The first kappa shape index (κ1) is 14.5. The molecule has 19 heavy (non-hydrogen) atoms. The molecule has 106 valence electrons. The fourth-order valence-electron chi connectivity index (χ4n) is 3.09. The smallest absolute Gasteiger partial charge is 0.0667 e. The maximum Gasteiger partial charge on any atom is 0.0667 e. The summed E-state index contributed by atoms with van der Waals surface area (Å²) in [7, 11) is 0. The van der Waals surface area contributed by atoms with Crippen LogP contribution in [0.2, 0.25) is 0 Å². The number of benzene rings is 1. The Balaban J connectivity index is 1.63. The van der Waals surface area contributed by atoms with Gasteiger partial charge in [0.1, 0.15) is 0 Å². The van der Waals surface area contributed by atoms with Crippen molar-refractivity contribution in [2.24, 2.45) is 5.92 Å². The molecule has 0 spiro atoms. The molecule has 0 saturated heterocycles. The molecular weight excluding hydrogens is 234 g/mol. The Hall–Kier alpha value is -0.860. The molecule has 1 aliphatic carbocycles. The van der Waals surface area contributed by atoms with Crippen LogP contribution in [0.3, 0.4) is 0 Å². The zero-order valence-corrected chi connectivity index (χ0v) is 12.0. The topological polar surface area (TPSA) is 32.3 Å². The lowest BCUT2D eigenvalue weighted by atomic mass is 10.00. The summed E-state index contributed by atoms with van der Waals surface area (Å²) in [5.41, 5.74) is 1.35. The van der Waals surface area contributed by atoms with Crippen LogP contribution in [0.4, 0.5) is 0 Å². The van der Waals surface area contributed by atoms with E-state index in [0.29, 0.717) is 6.04 Å².